The lowest BCUT2D eigenvalue weighted by molar-refractivity contribution is 0.413. The van der Waals surface area contributed by atoms with Crippen molar-refractivity contribution in [1.29, 1.82) is 0 Å². The lowest BCUT2D eigenvalue weighted by atomic mass is 10.2. The maximum absolute atomic E-state index is 5.22. The number of fused-ring (bicyclic) bond motifs is 1. The van der Waals surface area contributed by atoms with Crippen molar-refractivity contribution in [1.82, 2.24) is 0 Å². The molecule has 1 aliphatic rings. The van der Waals surface area contributed by atoms with Crippen LogP contribution in [0.4, 0.5) is 5.69 Å². The van der Waals surface area contributed by atoms with E-state index in [2.05, 4.69) is 5.32 Å². The molecule has 0 spiro atoms. The Hall–Kier alpha value is -1.64. The van der Waals surface area contributed by atoms with Crippen LogP contribution in [0.15, 0.2) is 30.7 Å². The molecule has 3 nitrogen and oxygen atoms in total. The molecule has 0 saturated carbocycles. The molecule has 0 radical (unpaired) electrons. The van der Waals surface area contributed by atoms with E-state index >= 15 is 0 Å². The standard InChI is InChI=1S/C9H9NO2/c1-11-7-2-3-9-8(6-7)10-4-5-12-9/h2-6,10H,1H3. The Bertz CT molecular complexity index is 320. The van der Waals surface area contributed by atoms with Crippen molar-refractivity contribution in [2.45, 2.75) is 0 Å². The highest BCUT2D eigenvalue weighted by Crippen LogP contribution is 2.30. The Morgan fingerprint density at radius 2 is 2.33 bits per heavy atom. The van der Waals surface area contributed by atoms with Crippen LogP contribution in [0.2, 0.25) is 0 Å². The highest BCUT2D eigenvalue weighted by molar-refractivity contribution is 5.62. The maximum atomic E-state index is 5.22. The highest BCUT2D eigenvalue weighted by atomic mass is 16.5. The van der Waals surface area contributed by atoms with Crippen LogP contribution in [-0.2, 0) is 0 Å². The monoisotopic (exact) mass is 163 g/mol. The van der Waals surface area contributed by atoms with Crippen LogP contribution in [0.25, 0.3) is 0 Å². The molecule has 0 saturated heterocycles. The summed E-state index contributed by atoms with van der Waals surface area (Å²) in [6, 6.07) is 5.61. The first-order chi connectivity index (χ1) is 5.90. The van der Waals surface area contributed by atoms with Gasteiger partial charge in [0.25, 0.3) is 0 Å². The first-order valence-electron chi connectivity index (χ1n) is 3.66. The van der Waals surface area contributed by atoms with Crippen molar-refractivity contribution in [3.8, 4) is 11.5 Å². The number of benzene rings is 1. The van der Waals surface area contributed by atoms with Gasteiger partial charge in [0.05, 0.1) is 12.8 Å². The van der Waals surface area contributed by atoms with Crippen molar-refractivity contribution in [2.75, 3.05) is 12.4 Å². The molecule has 0 fully saturated rings. The molecule has 1 aromatic carbocycles. The molecule has 1 N–H and O–H groups in total. The number of hydrogen-bond donors (Lipinski definition) is 1. The molecule has 1 aromatic rings. The van der Waals surface area contributed by atoms with E-state index in [9.17, 15) is 0 Å². The molecule has 62 valence electrons. The summed E-state index contributed by atoms with van der Waals surface area (Å²) in [4.78, 5) is 0. The van der Waals surface area contributed by atoms with Gasteiger partial charge < -0.3 is 14.8 Å². The molecule has 0 aromatic heterocycles. The molecule has 0 aliphatic carbocycles. The van der Waals surface area contributed by atoms with Gasteiger partial charge in [0.15, 0.2) is 0 Å². The number of nitrogens with one attached hydrogen (secondary N) is 1. The van der Waals surface area contributed by atoms with Crippen molar-refractivity contribution >= 4 is 5.69 Å². The minimum atomic E-state index is 0.818. The lowest BCUT2D eigenvalue weighted by Gasteiger charge is -2.13. The van der Waals surface area contributed by atoms with Gasteiger partial charge in [0.1, 0.15) is 17.8 Å². The van der Waals surface area contributed by atoms with Crippen LogP contribution in [0, 0.1) is 0 Å². The van der Waals surface area contributed by atoms with Gasteiger partial charge in [-0.25, -0.2) is 0 Å². The lowest BCUT2D eigenvalue weighted by Crippen LogP contribution is -1.99. The van der Waals surface area contributed by atoms with Crippen LogP contribution in [0.5, 0.6) is 11.5 Å². The minimum absolute atomic E-state index is 0.818. The third-order valence-corrected chi connectivity index (χ3v) is 1.69. The van der Waals surface area contributed by atoms with Gasteiger partial charge in [-0.15, -0.1) is 0 Å². The van der Waals surface area contributed by atoms with E-state index in [1.165, 1.54) is 0 Å². The second-order valence-corrected chi connectivity index (χ2v) is 2.43. The first-order valence-corrected chi connectivity index (χ1v) is 3.66. The van der Waals surface area contributed by atoms with Crippen molar-refractivity contribution < 1.29 is 9.47 Å². The van der Waals surface area contributed by atoms with Crippen LogP contribution in [-0.4, -0.2) is 7.11 Å². The van der Waals surface area contributed by atoms with E-state index in [4.69, 9.17) is 9.47 Å². The van der Waals surface area contributed by atoms with Crippen LogP contribution < -0.4 is 14.8 Å². The van der Waals surface area contributed by atoms with Gasteiger partial charge in [0.2, 0.25) is 0 Å². The van der Waals surface area contributed by atoms with E-state index < -0.39 is 0 Å². The molecule has 1 heterocycles. The third-order valence-electron chi connectivity index (χ3n) is 1.69. The van der Waals surface area contributed by atoms with Crippen LogP contribution in [0.1, 0.15) is 0 Å². The van der Waals surface area contributed by atoms with Crippen molar-refractivity contribution in [3.05, 3.63) is 30.7 Å². The highest BCUT2D eigenvalue weighted by Gasteiger charge is 2.05. The molecular weight excluding hydrogens is 154 g/mol. The fraction of sp³-hybridized carbons (Fsp3) is 0.111. The Balaban J connectivity index is 2.39. The molecular formula is C9H9NO2. The summed E-state index contributed by atoms with van der Waals surface area (Å²) >= 11 is 0. The molecule has 1 aliphatic heterocycles. The molecule has 2 rings (SSSR count). The van der Waals surface area contributed by atoms with Crippen molar-refractivity contribution in [2.24, 2.45) is 0 Å². The predicted octanol–water partition coefficient (Wildman–Crippen LogP) is 1.97. The van der Waals surface area contributed by atoms with Gasteiger partial charge in [-0.3, -0.25) is 0 Å². The smallest absolute Gasteiger partial charge is 0.150 e. The molecule has 0 unspecified atom stereocenters. The SMILES string of the molecule is COc1ccc2c(c1)NC=CO2. The zero-order valence-electron chi connectivity index (χ0n) is 6.70. The fourth-order valence-corrected chi connectivity index (χ4v) is 1.08. The average molecular weight is 163 g/mol. The van der Waals surface area contributed by atoms with E-state index in [1.54, 1.807) is 19.6 Å². The summed E-state index contributed by atoms with van der Waals surface area (Å²) in [5.74, 6) is 1.64. The van der Waals surface area contributed by atoms with Gasteiger partial charge in [-0.1, -0.05) is 0 Å². The second kappa shape index (κ2) is 2.77. The number of anilines is 1. The number of rotatable bonds is 1. The normalized spacial score (nSPS) is 12.8. The predicted molar refractivity (Wildman–Crippen MR) is 46.4 cm³/mol. The van der Waals surface area contributed by atoms with Gasteiger partial charge in [0, 0.05) is 12.3 Å². The van der Waals surface area contributed by atoms with Crippen molar-refractivity contribution in [3.63, 3.8) is 0 Å². The summed E-state index contributed by atoms with van der Waals surface area (Å²) in [6.45, 7) is 0. The van der Waals surface area contributed by atoms with Gasteiger partial charge in [-0.05, 0) is 12.1 Å². The quantitative estimate of drug-likeness (QED) is 0.686. The Kier molecular flexibility index (Phi) is 1.63. The summed E-state index contributed by atoms with van der Waals surface area (Å²) in [5.41, 5.74) is 0.928. The number of hydrogen-bond acceptors (Lipinski definition) is 3. The average Bonchev–Trinajstić information content (AvgIpc) is 2.17. The Labute approximate surface area is 70.6 Å². The van der Waals surface area contributed by atoms with E-state index in [-0.39, 0.29) is 0 Å². The number of methoxy groups -OCH3 is 1. The van der Waals surface area contributed by atoms with Gasteiger partial charge >= 0.3 is 0 Å². The van der Waals surface area contributed by atoms with Gasteiger partial charge in [-0.2, -0.15) is 0 Å². The summed E-state index contributed by atoms with van der Waals surface area (Å²) in [6.07, 6.45) is 3.34. The third kappa shape index (κ3) is 1.09. The molecule has 12 heavy (non-hydrogen) atoms. The largest absolute Gasteiger partial charge is 0.497 e. The van der Waals surface area contributed by atoms with E-state index in [0.29, 0.717) is 0 Å². The fourth-order valence-electron chi connectivity index (χ4n) is 1.08. The minimum Gasteiger partial charge on any atom is -0.497 e. The molecule has 0 atom stereocenters. The zero-order valence-corrected chi connectivity index (χ0v) is 6.70. The molecule has 3 heteroatoms. The van der Waals surface area contributed by atoms with Crippen LogP contribution in [0.3, 0.4) is 0 Å². The molecule has 0 bridgehead atoms. The second-order valence-electron chi connectivity index (χ2n) is 2.43. The first kappa shape index (κ1) is 7.03. The summed E-state index contributed by atoms with van der Waals surface area (Å²) in [5, 5.41) is 3.05. The Morgan fingerprint density at radius 1 is 1.42 bits per heavy atom. The topological polar surface area (TPSA) is 30.5 Å². The van der Waals surface area contributed by atoms with E-state index in [0.717, 1.165) is 17.2 Å². The Morgan fingerprint density at radius 3 is 3.17 bits per heavy atom. The summed E-state index contributed by atoms with van der Waals surface area (Å²) in [7, 11) is 1.64. The molecule has 0 amide bonds. The number of ether oxygens (including phenoxy) is 2. The van der Waals surface area contributed by atoms with Crippen LogP contribution >= 0.6 is 0 Å². The maximum Gasteiger partial charge on any atom is 0.150 e. The van der Waals surface area contributed by atoms with E-state index in [1.807, 2.05) is 18.2 Å². The summed E-state index contributed by atoms with van der Waals surface area (Å²) < 4.78 is 10.3. The zero-order chi connectivity index (χ0) is 8.39.